The second-order valence-corrected chi connectivity index (χ2v) is 3.74. The molecule has 0 aliphatic heterocycles. The first-order valence-electron chi connectivity index (χ1n) is 5.35. The van der Waals surface area contributed by atoms with Crippen molar-refractivity contribution in [1.82, 2.24) is 4.98 Å². The van der Waals surface area contributed by atoms with Gasteiger partial charge in [0, 0.05) is 12.2 Å². The smallest absolute Gasteiger partial charge is 0.419 e. The van der Waals surface area contributed by atoms with Crippen LogP contribution in [0, 0.1) is 0 Å². The van der Waals surface area contributed by atoms with Crippen molar-refractivity contribution in [3.05, 3.63) is 23.9 Å². The lowest BCUT2D eigenvalue weighted by atomic mass is 10.1. The van der Waals surface area contributed by atoms with E-state index in [1.165, 1.54) is 12.3 Å². The summed E-state index contributed by atoms with van der Waals surface area (Å²) in [5.74, 6) is -1.41. The number of carboxylic acids is 1. The van der Waals surface area contributed by atoms with Gasteiger partial charge in [-0.3, -0.25) is 4.79 Å². The first kappa shape index (κ1) is 14.3. The summed E-state index contributed by atoms with van der Waals surface area (Å²) < 4.78 is 38.0. The molecule has 1 unspecified atom stereocenters. The standard InChI is InChI=1S/C11H13F3N2O2/c1-2-7(6-9(17)18)16-10-8(11(12,13)14)4-3-5-15-10/h3-5,7H,2,6H2,1H3,(H,15,16)(H,17,18). The second-order valence-electron chi connectivity index (χ2n) is 3.74. The Morgan fingerprint density at radius 2 is 2.22 bits per heavy atom. The van der Waals surface area contributed by atoms with Crippen LogP contribution >= 0.6 is 0 Å². The van der Waals surface area contributed by atoms with Crippen LogP contribution in [0.2, 0.25) is 0 Å². The van der Waals surface area contributed by atoms with Crippen molar-refractivity contribution in [2.24, 2.45) is 0 Å². The van der Waals surface area contributed by atoms with Crippen molar-refractivity contribution in [2.45, 2.75) is 32.0 Å². The van der Waals surface area contributed by atoms with Gasteiger partial charge in [-0.2, -0.15) is 13.2 Å². The lowest BCUT2D eigenvalue weighted by molar-refractivity contribution is -0.137. The summed E-state index contributed by atoms with van der Waals surface area (Å²) >= 11 is 0. The monoisotopic (exact) mass is 262 g/mol. The van der Waals surface area contributed by atoms with Gasteiger partial charge in [-0.15, -0.1) is 0 Å². The highest BCUT2D eigenvalue weighted by Crippen LogP contribution is 2.33. The number of halogens is 3. The van der Waals surface area contributed by atoms with Gasteiger partial charge in [-0.1, -0.05) is 6.92 Å². The van der Waals surface area contributed by atoms with Gasteiger partial charge >= 0.3 is 12.1 Å². The molecule has 0 bridgehead atoms. The molecule has 1 rings (SSSR count). The number of nitrogens with zero attached hydrogens (tertiary/aromatic N) is 1. The molecular weight excluding hydrogens is 249 g/mol. The van der Waals surface area contributed by atoms with Crippen molar-refractivity contribution in [2.75, 3.05) is 5.32 Å². The quantitative estimate of drug-likeness (QED) is 0.856. The van der Waals surface area contributed by atoms with E-state index < -0.39 is 23.8 Å². The van der Waals surface area contributed by atoms with Crippen molar-refractivity contribution >= 4 is 11.8 Å². The van der Waals surface area contributed by atoms with Crippen LogP contribution in [-0.4, -0.2) is 22.1 Å². The number of alkyl halides is 3. The maximum atomic E-state index is 12.7. The van der Waals surface area contributed by atoms with Crippen molar-refractivity contribution < 1.29 is 23.1 Å². The van der Waals surface area contributed by atoms with Crippen LogP contribution in [0.5, 0.6) is 0 Å². The van der Waals surface area contributed by atoms with Crippen molar-refractivity contribution in [1.29, 1.82) is 0 Å². The molecule has 0 aliphatic rings. The van der Waals surface area contributed by atoms with Gasteiger partial charge < -0.3 is 10.4 Å². The minimum atomic E-state index is -4.52. The summed E-state index contributed by atoms with van der Waals surface area (Å²) in [5, 5.41) is 11.2. The van der Waals surface area contributed by atoms with Gasteiger partial charge in [0.2, 0.25) is 0 Å². The Kier molecular flexibility index (Phi) is 4.52. The normalized spacial score (nSPS) is 13.1. The van der Waals surface area contributed by atoms with E-state index in [9.17, 15) is 18.0 Å². The van der Waals surface area contributed by atoms with Crippen LogP contribution in [0.1, 0.15) is 25.3 Å². The van der Waals surface area contributed by atoms with Gasteiger partial charge in [0.15, 0.2) is 0 Å². The molecule has 1 aromatic rings. The van der Waals surface area contributed by atoms with E-state index in [2.05, 4.69) is 10.3 Å². The van der Waals surface area contributed by atoms with E-state index in [4.69, 9.17) is 5.11 Å². The molecule has 7 heteroatoms. The van der Waals surface area contributed by atoms with Gasteiger partial charge in [0.1, 0.15) is 5.82 Å². The zero-order chi connectivity index (χ0) is 13.8. The molecular formula is C11H13F3N2O2. The molecule has 0 spiro atoms. The van der Waals surface area contributed by atoms with Gasteiger partial charge in [0.25, 0.3) is 0 Å². The predicted octanol–water partition coefficient (Wildman–Crippen LogP) is 2.77. The Bertz CT molecular complexity index is 421. The van der Waals surface area contributed by atoms with Crippen LogP contribution < -0.4 is 5.32 Å². The lowest BCUT2D eigenvalue weighted by Crippen LogP contribution is -2.24. The minimum Gasteiger partial charge on any atom is -0.481 e. The number of anilines is 1. The Morgan fingerprint density at radius 1 is 1.56 bits per heavy atom. The molecule has 1 atom stereocenters. The molecule has 100 valence electrons. The average molecular weight is 262 g/mol. The largest absolute Gasteiger partial charge is 0.481 e. The van der Waals surface area contributed by atoms with Crippen LogP contribution in [-0.2, 0) is 11.0 Å². The fourth-order valence-electron chi connectivity index (χ4n) is 1.45. The number of carboxylic acid groups (broad SMARTS) is 1. The highest BCUT2D eigenvalue weighted by molar-refractivity contribution is 5.68. The zero-order valence-corrected chi connectivity index (χ0v) is 9.66. The van der Waals surface area contributed by atoms with Gasteiger partial charge in [0.05, 0.1) is 12.0 Å². The average Bonchev–Trinajstić information content (AvgIpc) is 2.26. The number of carbonyl (C=O) groups is 1. The number of hydrogen-bond donors (Lipinski definition) is 2. The zero-order valence-electron chi connectivity index (χ0n) is 9.66. The topological polar surface area (TPSA) is 62.2 Å². The molecule has 0 amide bonds. The Hall–Kier alpha value is -1.79. The SMILES string of the molecule is CCC(CC(=O)O)Nc1ncccc1C(F)(F)F. The molecule has 0 radical (unpaired) electrons. The molecule has 2 N–H and O–H groups in total. The molecule has 18 heavy (non-hydrogen) atoms. The maximum absolute atomic E-state index is 12.7. The van der Waals surface area contributed by atoms with E-state index in [1.54, 1.807) is 6.92 Å². The third kappa shape index (κ3) is 3.90. The lowest BCUT2D eigenvalue weighted by Gasteiger charge is -2.18. The van der Waals surface area contributed by atoms with E-state index >= 15 is 0 Å². The Balaban J connectivity index is 2.92. The molecule has 1 aromatic heterocycles. The number of aromatic nitrogens is 1. The Labute approximate surface area is 102 Å². The minimum absolute atomic E-state index is 0.260. The third-order valence-electron chi connectivity index (χ3n) is 2.37. The summed E-state index contributed by atoms with van der Waals surface area (Å²) in [6.45, 7) is 1.69. The van der Waals surface area contributed by atoms with E-state index in [0.29, 0.717) is 6.42 Å². The number of rotatable bonds is 5. The summed E-state index contributed by atoms with van der Waals surface area (Å²) in [7, 11) is 0. The van der Waals surface area contributed by atoms with Crippen molar-refractivity contribution in [3.8, 4) is 0 Å². The highest BCUT2D eigenvalue weighted by Gasteiger charge is 2.34. The molecule has 0 aliphatic carbocycles. The number of nitrogens with one attached hydrogen (secondary N) is 1. The van der Waals surface area contributed by atoms with E-state index in [0.717, 1.165) is 6.07 Å². The maximum Gasteiger partial charge on any atom is 0.419 e. The van der Waals surface area contributed by atoms with Crippen LogP contribution in [0.3, 0.4) is 0 Å². The first-order chi connectivity index (χ1) is 8.34. The van der Waals surface area contributed by atoms with Crippen LogP contribution in [0.15, 0.2) is 18.3 Å². The molecule has 0 aromatic carbocycles. The van der Waals surface area contributed by atoms with Gasteiger partial charge in [-0.05, 0) is 18.6 Å². The first-order valence-corrected chi connectivity index (χ1v) is 5.35. The molecule has 4 nitrogen and oxygen atoms in total. The second kappa shape index (κ2) is 5.70. The summed E-state index contributed by atoms with van der Waals surface area (Å²) in [4.78, 5) is 14.2. The molecule has 1 heterocycles. The number of pyridine rings is 1. The molecule has 0 saturated heterocycles. The number of aliphatic carboxylic acids is 1. The summed E-state index contributed by atoms with van der Waals surface area (Å²) in [6.07, 6.45) is -3.16. The fourth-order valence-corrected chi connectivity index (χ4v) is 1.45. The van der Waals surface area contributed by atoms with Gasteiger partial charge in [-0.25, -0.2) is 4.98 Å². The third-order valence-corrected chi connectivity index (χ3v) is 2.37. The summed E-state index contributed by atoms with van der Waals surface area (Å²) in [5.41, 5.74) is -0.895. The number of hydrogen-bond acceptors (Lipinski definition) is 3. The highest BCUT2D eigenvalue weighted by atomic mass is 19.4. The molecule has 0 fully saturated rings. The Morgan fingerprint density at radius 3 is 2.72 bits per heavy atom. The van der Waals surface area contributed by atoms with Crippen LogP contribution in [0.4, 0.5) is 19.0 Å². The van der Waals surface area contributed by atoms with Crippen LogP contribution in [0.25, 0.3) is 0 Å². The predicted molar refractivity (Wildman–Crippen MR) is 59.2 cm³/mol. The van der Waals surface area contributed by atoms with Crippen molar-refractivity contribution in [3.63, 3.8) is 0 Å². The molecule has 0 saturated carbocycles. The fraction of sp³-hybridized carbons (Fsp3) is 0.455. The summed E-state index contributed by atoms with van der Waals surface area (Å²) in [6, 6.07) is 1.51. The van der Waals surface area contributed by atoms with E-state index in [-0.39, 0.29) is 12.2 Å². The van der Waals surface area contributed by atoms with E-state index in [1.807, 2.05) is 0 Å².